The number of hydrogen-bond donors (Lipinski definition) is 1. The molecule has 4 heteroatoms. The lowest BCUT2D eigenvalue weighted by Crippen LogP contribution is -2.15. The minimum Gasteiger partial charge on any atom is -0.497 e. The molecule has 0 saturated heterocycles. The van der Waals surface area contributed by atoms with Crippen LogP contribution in [0.25, 0.3) is 0 Å². The number of halogens is 2. The smallest absolute Gasteiger partial charge is 0.119 e. The summed E-state index contributed by atoms with van der Waals surface area (Å²) < 4.78 is 6.34. The van der Waals surface area contributed by atoms with Gasteiger partial charge in [0.15, 0.2) is 0 Å². The lowest BCUT2D eigenvalue weighted by Gasteiger charge is -2.17. The molecule has 106 valence electrons. The van der Waals surface area contributed by atoms with Gasteiger partial charge in [-0.1, -0.05) is 39.7 Å². The van der Waals surface area contributed by atoms with Crippen LogP contribution in [0.3, 0.4) is 0 Å². The zero-order valence-corrected chi connectivity index (χ0v) is 13.6. The highest BCUT2D eigenvalue weighted by atomic mass is 79.9. The Morgan fingerprint density at radius 3 is 2.70 bits per heavy atom. The van der Waals surface area contributed by atoms with Crippen molar-refractivity contribution in [3.8, 4) is 5.75 Å². The van der Waals surface area contributed by atoms with E-state index in [2.05, 4.69) is 22.0 Å². The molecule has 2 N–H and O–H groups in total. The van der Waals surface area contributed by atoms with E-state index in [0.717, 1.165) is 27.2 Å². The molecule has 2 aromatic rings. The Hall–Kier alpha value is -1.03. The molecule has 0 saturated carbocycles. The number of ether oxygens (including phenoxy) is 1. The van der Waals surface area contributed by atoms with Gasteiger partial charge in [-0.2, -0.15) is 0 Å². The fraction of sp³-hybridized carbons (Fsp3) is 0.250. The van der Waals surface area contributed by atoms with Crippen molar-refractivity contribution in [2.45, 2.75) is 12.3 Å². The maximum Gasteiger partial charge on any atom is 0.119 e. The van der Waals surface area contributed by atoms with Crippen LogP contribution in [-0.2, 0) is 6.42 Å². The summed E-state index contributed by atoms with van der Waals surface area (Å²) in [6, 6.07) is 13.9. The lowest BCUT2D eigenvalue weighted by atomic mass is 9.92. The zero-order chi connectivity index (χ0) is 14.5. The van der Waals surface area contributed by atoms with Crippen molar-refractivity contribution < 1.29 is 4.74 Å². The first-order valence-electron chi connectivity index (χ1n) is 6.42. The molecule has 2 nitrogen and oxygen atoms in total. The van der Waals surface area contributed by atoms with Crippen LogP contribution >= 0.6 is 27.5 Å². The van der Waals surface area contributed by atoms with E-state index in [-0.39, 0.29) is 5.92 Å². The number of rotatable bonds is 5. The second kappa shape index (κ2) is 7.11. The van der Waals surface area contributed by atoms with Crippen molar-refractivity contribution in [3.63, 3.8) is 0 Å². The Morgan fingerprint density at radius 1 is 1.25 bits per heavy atom. The Bertz CT molecular complexity index is 588. The maximum absolute atomic E-state index is 6.06. The van der Waals surface area contributed by atoms with Crippen LogP contribution in [-0.4, -0.2) is 13.7 Å². The van der Waals surface area contributed by atoms with Crippen LogP contribution in [0.2, 0.25) is 5.02 Å². The van der Waals surface area contributed by atoms with Gasteiger partial charge in [0.25, 0.3) is 0 Å². The quantitative estimate of drug-likeness (QED) is 0.864. The highest BCUT2D eigenvalue weighted by molar-refractivity contribution is 9.10. The summed E-state index contributed by atoms with van der Waals surface area (Å²) in [7, 11) is 1.67. The van der Waals surface area contributed by atoms with Crippen molar-refractivity contribution in [3.05, 3.63) is 63.1 Å². The summed E-state index contributed by atoms with van der Waals surface area (Å²) in [6.45, 7) is 0.573. The van der Waals surface area contributed by atoms with Gasteiger partial charge in [-0.15, -0.1) is 0 Å². The van der Waals surface area contributed by atoms with Gasteiger partial charge in [-0.3, -0.25) is 0 Å². The summed E-state index contributed by atoms with van der Waals surface area (Å²) in [6.07, 6.45) is 0.842. The first-order valence-corrected chi connectivity index (χ1v) is 7.59. The number of benzene rings is 2. The van der Waals surface area contributed by atoms with Crippen molar-refractivity contribution in [1.82, 2.24) is 0 Å². The van der Waals surface area contributed by atoms with Crippen LogP contribution in [0.15, 0.2) is 46.9 Å². The lowest BCUT2D eigenvalue weighted by molar-refractivity contribution is 0.414. The molecule has 1 atom stereocenters. The van der Waals surface area contributed by atoms with E-state index in [1.54, 1.807) is 7.11 Å². The maximum atomic E-state index is 6.06. The normalized spacial score (nSPS) is 12.2. The third-order valence-corrected chi connectivity index (χ3v) is 4.33. The molecule has 2 rings (SSSR count). The Labute approximate surface area is 133 Å². The molecular formula is C16H17BrClNO. The topological polar surface area (TPSA) is 35.2 Å². The van der Waals surface area contributed by atoms with Crippen LogP contribution in [0, 0.1) is 0 Å². The summed E-state index contributed by atoms with van der Waals surface area (Å²) >= 11 is 9.64. The largest absolute Gasteiger partial charge is 0.497 e. The van der Waals surface area contributed by atoms with E-state index < -0.39 is 0 Å². The molecule has 0 amide bonds. The minimum absolute atomic E-state index is 0.233. The fourth-order valence-corrected chi connectivity index (χ4v) is 2.80. The van der Waals surface area contributed by atoms with Crippen LogP contribution < -0.4 is 10.5 Å². The average molecular weight is 355 g/mol. The van der Waals surface area contributed by atoms with E-state index >= 15 is 0 Å². The average Bonchev–Trinajstić information content (AvgIpc) is 2.46. The van der Waals surface area contributed by atoms with Crippen molar-refractivity contribution >= 4 is 27.5 Å². The molecule has 0 aliphatic carbocycles. The van der Waals surface area contributed by atoms with Gasteiger partial charge in [0, 0.05) is 15.4 Å². The molecule has 0 radical (unpaired) electrons. The molecular weight excluding hydrogens is 338 g/mol. The highest BCUT2D eigenvalue weighted by Crippen LogP contribution is 2.29. The molecule has 20 heavy (non-hydrogen) atoms. The van der Waals surface area contributed by atoms with Crippen LogP contribution in [0.1, 0.15) is 17.0 Å². The zero-order valence-electron chi connectivity index (χ0n) is 11.3. The summed E-state index contributed by atoms with van der Waals surface area (Å²) in [5.74, 6) is 1.09. The minimum atomic E-state index is 0.233. The Kier molecular flexibility index (Phi) is 5.46. The fourth-order valence-electron chi connectivity index (χ4n) is 2.20. The Morgan fingerprint density at radius 2 is 2.05 bits per heavy atom. The van der Waals surface area contributed by atoms with Gasteiger partial charge >= 0.3 is 0 Å². The van der Waals surface area contributed by atoms with Gasteiger partial charge in [0.05, 0.1) is 7.11 Å². The number of methoxy groups -OCH3 is 1. The third kappa shape index (κ3) is 3.75. The second-order valence-electron chi connectivity index (χ2n) is 4.65. The van der Waals surface area contributed by atoms with Gasteiger partial charge in [0.2, 0.25) is 0 Å². The number of nitrogens with two attached hydrogens (primary N) is 1. The van der Waals surface area contributed by atoms with Crippen molar-refractivity contribution in [2.75, 3.05) is 13.7 Å². The molecule has 0 fully saturated rings. The first kappa shape index (κ1) is 15.4. The molecule has 0 spiro atoms. The standard InChI is InChI=1S/C16H17BrClNO/c1-20-15-5-6-16(17)12(9-15)7-13(10-19)11-3-2-4-14(18)8-11/h2-6,8-9,13H,7,10,19H2,1H3. The van der Waals surface area contributed by atoms with E-state index in [9.17, 15) is 0 Å². The van der Waals surface area contributed by atoms with E-state index in [0.29, 0.717) is 6.54 Å². The molecule has 0 aliphatic heterocycles. The van der Waals surface area contributed by atoms with Gasteiger partial charge in [-0.05, 0) is 54.4 Å². The third-order valence-electron chi connectivity index (χ3n) is 3.32. The summed E-state index contributed by atoms with van der Waals surface area (Å²) in [5, 5.41) is 0.741. The first-order chi connectivity index (χ1) is 9.63. The van der Waals surface area contributed by atoms with Crippen LogP contribution in [0.4, 0.5) is 0 Å². The van der Waals surface area contributed by atoms with Crippen molar-refractivity contribution in [1.29, 1.82) is 0 Å². The highest BCUT2D eigenvalue weighted by Gasteiger charge is 2.13. The molecule has 2 aromatic carbocycles. The van der Waals surface area contributed by atoms with Crippen LogP contribution in [0.5, 0.6) is 5.75 Å². The van der Waals surface area contributed by atoms with Gasteiger partial charge in [-0.25, -0.2) is 0 Å². The number of hydrogen-bond acceptors (Lipinski definition) is 2. The second-order valence-corrected chi connectivity index (χ2v) is 5.94. The van der Waals surface area contributed by atoms with E-state index in [1.165, 1.54) is 5.56 Å². The monoisotopic (exact) mass is 353 g/mol. The van der Waals surface area contributed by atoms with Crippen molar-refractivity contribution in [2.24, 2.45) is 5.73 Å². The van der Waals surface area contributed by atoms with E-state index in [4.69, 9.17) is 22.1 Å². The SMILES string of the molecule is COc1ccc(Br)c(CC(CN)c2cccc(Cl)c2)c1. The predicted molar refractivity (Wildman–Crippen MR) is 87.6 cm³/mol. The molecule has 1 unspecified atom stereocenters. The summed E-state index contributed by atoms with van der Waals surface area (Å²) in [5.41, 5.74) is 8.28. The molecule has 0 bridgehead atoms. The Balaban J connectivity index is 2.26. The molecule has 0 aliphatic rings. The van der Waals surface area contributed by atoms with E-state index in [1.807, 2.05) is 36.4 Å². The molecule has 0 heterocycles. The summed E-state index contributed by atoms with van der Waals surface area (Å²) in [4.78, 5) is 0. The predicted octanol–water partition coefficient (Wildman–Crippen LogP) is 4.40. The van der Waals surface area contributed by atoms with Gasteiger partial charge in [0.1, 0.15) is 5.75 Å². The molecule has 0 aromatic heterocycles. The van der Waals surface area contributed by atoms with Gasteiger partial charge < -0.3 is 10.5 Å².